The molecule has 1 unspecified atom stereocenters. The average molecular weight is 229 g/mol. The van der Waals surface area contributed by atoms with Gasteiger partial charge in [0.05, 0.1) is 0 Å². The van der Waals surface area contributed by atoms with Crippen LogP contribution in [0.2, 0.25) is 0 Å². The lowest BCUT2D eigenvalue weighted by molar-refractivity contribution is 0.323. The molecule has 1 aromatic carbocycles. The summed E-state index contributed by atoms with van der Waals surface area (Å²) < 4.78 is 0. The van der Waals surface area contributed by atoms with Crippen LogP contribution in [-0.2, 0) is 6.42 Å². The van der Waals surface area contributed by atoms with Crippen molar-refractivity contribution in [2.75, 3.05) is 6.54 Å². The van der Waals surface area contributed by atoms with Gasteiger partial charge in [0.2, 0.25) is 0 Å². The first-order valence-corrected chi connectivity index (χ1v) is 7.01. The Hall–Kier alpha value is -0.820. The SMILES string of the molecule is Cc1ccc(C)c(CC2(C3CC3)CCCN2)c1. The standard InChI is InChI=1S/C16H23N/c1-12-4-5-13(2)14(10-12)11-16(15-6-7-15)8-3-9-17-16/h4-5,10,15,17H,3,6-9,11H2,1-2H3. The van der Waals surface area contributed by atoms with Gasteiger partial charge in [0.1, 0.15) is 0 Å². The van der Waals surface area contributed by atoms with Crippen LogP contribution in [0.1, 0.15) is 42.4 Å². The van der Waals surface area contributed by atoms with Gasteiger partial charge in [-0.05, 0) is 69.5 Å². The molecule has 1 atom stereocenters. The first-order chi connectivity index (χ1) is 8.20. The van der Waals surface area contributed by atoms with Crippen molar-refractivity contribution in [2.24, 2.45) is 5.92 Å². The largest absolute Gasteiger partial charge is 0.311 e. The van der Waals surface area contributed by atoms with E-state index in [1.54, 1.807) is 5.56 Å². The van der Waals surface area contributed by atoms with Gasteiger partial charge >= 0.3 is 0 Å². The van der Waals surface area contributed by atoms with E-state index < -0.39 is 0 Å². The summed E-state index contributed by atoms with van der Waals surface area (Å²) in [6.07, 6.45) is 6.87. The number of benzene rings is 1. The Morgan fingerprint density at radius 3 is 2.76 bits per heavy atom. The summed E-state index contributed by atoms with van der Waals surface area (Å²) in [5.41, 5.74) is 4.86. The highest BCUT2D eigenvalue weighted by Gasteiger charge is 2.46. The van der Waals surface area contributed by atoms with Gasteiger partial charge in [-0.25, -0.2) is 0 Å². The summed E-state index contributed by atoms with van der Waals surface area (Å²) in [4.78, 5) is 0. The van der Waals surface area contributed by atoms with Gasteiger partial charge in [-0.15, -0.1) is 0 Å². The van der Waals surface area contributed by atoms with Crippen LogP contribution in [0.5, 0.6) is 0 Å². The van der Waals surface area contributed by atoms with Crippen LogP contribution in [0.4, 0.5) is 0 Å². The summed E-state index contributed by atoms with van der Waals surface area (Å²) in [6.45, 7) is 5.68. The predicted octanol–water partition coefficient (Wildman–Crippen LogP) is 3.38. The molecular formula is C16H23N. The molecule has 2 fully saturated rings. The molecule has 1 aromatic rings. The maximum atomic E-state index is 3.83. The van der Waals surface area contributed by atoms with Crippen LogP contribution < -0.4 is 5.32 Å². The molecule has 0 spiro atoms. The third kappa shape index (κ3) is 2.13. The summed E-state index contributed by atoms with van der Waals surface area (Å²) in [5.74, 6) is 0.949. The van der Waals surface area contributed by atoms with E-state index in [0.717, 1.165) is 5.92 Å². The molecular weight excluding hydrogens is 206 g/mol. The topological polar surface area (TPSA) is 12.0 Å². The van der Waals surface area contributed by atoms with E-state index in [-0.39, 0.29) is 0 Å². The van der Waals surface area contributed by atoms with Crippen LogP contribution in [0.3, 0.4) is 0 Å². The molecule has 2 aliphatic rings. The summed E-state index contributed by atoms with van der Waals surface area (Å²) in [5, 5.41) is 3.83. The van der Waals surface area contributed by atoms with Crippen molar-refractivity contribution in [2.45, 2.75) is 51.5 Å². The third-order valence-electron chi connectivity index (χ3n) is 4.65. The highest BCUT2D eigenvalue weighted by atomic mass is 15.0. The zero-order valence-corrected chi connectivity index (χ0v) is 11.1. The molecule has 92 valence electrons. The van der Waals surface area contributed by atoms with Crippen molar-refractivity contribution in [1.82, 2.24) is 5.32 Å². The maximum absolute atomic E-state index is 3.83. The van der Waals surface area contributed by atoms with Gasteiger partial charge < -0.3 is 5.32 Å². The smallest absolute Gasteiger partial charge is 0.0250 e. The van der Waals surface area contributed by atoms with Crippen molar-refractivity contribution in [3.05, 3.63) is 34.9 Å². The number of nitrogens with one attached hydrogen (secondary N) is 1. The molecule has 0 radical (unpaired) electrons. The quantitative estimate of drug-likeness (QED) is 0.838. The van der Waals surface area contributed by atoms with Crippen LogP contribution in [-0.4, -0.2) is 12.1 Å². The van der Waals surface area contributed by atoms with Crippen molar-refractivity contribution in [1.29, 1.82) is 0 Å². The molecule has 1 N–H and O–H groups in total. The number of aryl methyl sites for hydroxylation is 2. The molecule has 3 rings (SSSR count). The van der Waals surface area contributed by atoms with Crippen LogP contribution in [0.25, 0.3) is 0 Å². The molecule has 1 aliphatic heterocycles. The van der Waals surface area contributed by atoms with E-state index in [1.807, 2.05) is 0 Å². The van der Waals surface area contributed by atoms with Crippen molar-refractivity contribution in [3.8, 4) is 0 Å². The fourth-order valence-corrected chi connectivity index (χ4v) is 3.44. The number of hydrogen-bond donors (Lipinski definition) is 1. The van der Waals surface area contributed by atoms with Gasteiger partial charge in [0.15, 0.2) is 0 Å². The van der Waals surface area contributed by atoms with E-state index in [9.17, 15) is 0 Å². The lowest BCUT2D eigenvalue weighted by atomic mass is 9.83. The summed E-state index contributed by atoms with van der Waals surface area (Å²) >= 11 is 0. The van der Waals surface area contributed by atoms with Gasteiger partial charge in [0.25, 0.3) is 0 Å². The number of rotatable bonds is 3. The molecule has 17 heavy (non-hydrogen) atoms. The van der Waals surface area contributed by atoms with Crippen LogP contribution in [0.15, 0.2) is 18.2 Å². The van der Waals surface area contributed by atoms with Gasteiger partial charge in [-0.2, -0.15) is 0 Å². The molecule has 1 heteroatoms. The second-order valence-electron chi connectivity index (χ2n) is 6.07. The highest BCUT2D eigenvalue weighted by molar-refractivity contribution is 5.32. The Balaban J connectivity index is 1.87. The second-order valence-corrected chi connectivity index (χ2v) is 6.07. The minimum Gasteiger partial charge on any atom is -0.311 e. The van der Waals surface area contributed by atoms with Crippen molar-refractivity contribution >= 4 is 0 Å². The zero-order chi connectivity index (χ0) is 11.9. The summed E-state index contributed by atoms with van der Waals surface area (Å²) in [7, 11) is 0. The fraction of sp³-hybridized carbons (Fsp3) is 0.625. The average Bonchev–Trinajstić information content (AvgIpc) is 3.07. The Bertz CT molecular complexity index is 412. The Kier molecular flexibility index (Phi) is 2.74. The van der Waals surface area contributed by atoms with Crippen molar-refractivity contribution in [3.63, 3.8) is 0 Å². The molecule has 0 amide bonds. The number of hydrogen-bond acceptors (Lipinski definition) is 1. The normalized spacial score (nSPS) is 28.6. The lowest BCUT2D eigenvalue weighted by Gasteiger charge is -2.30. The summed E-state index contributed by atoms with van der Waals surface area (Å²) in [6, 6.07) is 6.89. The van der Waals surface area contributed by atoms with Gasteiger partial charge in [-0.3, -0.25) is 0 Å². The molecule has 1 saturated carbocycles. The molecule has 1 aliphatic carbocycles. The molecule has 0 aromatic heterocycles. The minimum atomic E-state index is 0.443. The van der Waals surface area contributed by atoms with E-state index in [1.165, 1.54) is 49.8 Å². The zero-order valence-electron chi connectivity index (χ0n) is 11.1. The Morgan fingerprint density at radius 2 is 2.12 bits per heavy atom. The van der Waals surface area contributed by atoms with E-state index >= 15 is 0 Å². The predicted molar refractivity (Wildman–Crippen MR) is 72.3 cm³/mol. The first kappa shape index (κ1) is 11.3. The van der Waals surface area contributed by atoms with Crippen molar-refractivity contribution < 1.29 is 0 Å². The van der Waals surface area contributed by atoms with Gasteiger partial charge in [-0.1, -0.05) is 23.8 Å². The Morgan fingerprint density at radius 1 is 1.29 bits per heavy atom. The molecule has 1 heterocycles. The van der Waals surface area contributed by atoms with E-state index in [4.69, 9.17) is 0 Å². The Labute approximate surface area is 105 Å². The maximum Gasteiger partial charge on any atom is 0.0250 e. The van der Waals surface area contributed by atoms with E-state index in [2.05, 4.69) is 37.4 Å². The van der Waals surface area contributed by atoms with Crippen LogP contribution >= 0.6 is 0 Å². The van der Waals surface area contributed by atoms with Gasteiger partial charge in [0, 0.05) is 5.54 Å². The molecule has 0 bridgehead atoms. The molecule has 1 nitrogen and oxygen atoms in total. The van der Waals surface area contributed by atoms with E-state index in [0.29, 0.717) is 5.54 Å². The van der Waals surface area contributed by atoms with Crippen LogP contribution in [0, 0.1) is 19.8 Å². The highest BCUT2D eigenvalue weighted by Crippen LogP contribution is 2.46. The monoisotopic (exact) mass is 229 g/mol. The third-order valence-corrected chi connectivity index (χ3v) is 4.65. The minimum absolute atomic E-state index is 0.443. The second kappa shape index (κ2) is 4.13. The fourth-order valence-electron chi connectivity index (χ4n) is 3.44. The lowest BCUT2D eigenvalue weighted by Crippen LogP contribution is -2.44. The first-order valence-electron chi connectivity index (χ1n) is 7.01. The molecule has 1 saturated heterocycles.